The van der Waals surface area contributed by atoms with Crippen LogP contribution in [0.1, 0.15) is 23.2 Å². The molecule has 0 unspecified atom stereocenters. The molecule has 78 valence electrons. The van der Waals surface area contributed by atoms with Crippen molar-refractivity contribution in [1.29, 1.82) is 0 Å². The molecule has 1 aliphatic rings. The lowest BCUT2D eigenvalue weighted by Gasteiger charge is -2.04. The third kappa shape index (κ3) is 2.56. The van der Waals surface area contributed by atoms with Crippen LogP contribution in [-0.4, -0.2) is 18.4 Å². The van der Waals surface area contributed by atoms with E-state index in [4.69, 9.17) is 0 Å². The van der Waals surface area contributed by atoms with Crippen molar-refractivity contribution < 1.29 is 9.59 Å². The maximum Gasteiger partial charge on any atom is 0.251 e. The molecule has 0 aliphatic heterocycles. The maximum atomic E-state index is 11.6. The number of hydrogen-bond acceptors (Lipinski definition) is 2. The number of anilines is 1. The van der Waals surface area contributed by atoms with Crippen LogP contribution in [0.3, 0.4) is 0 Å². The minimum atomic E-state index is -0.0768. The van der Waals surface area contributed by atoms with Gasteiger partial charge >= 0.3 is 0 Å². The Morgan fingerprint density at radius 2 is 2.20 bits per heavy atom. The molecule has 0 bridgehead atoms. The van der Waals surface area contributed by atoms with Crippen LogP contribution in [0.4, 0.5) is 5.69 Å². The van der Waals surface area contributed by atoms with Gasteiger partial charge in [0.15, 0.2) is 0 Å². The van der Waals surface area contributed by atoms with E-state index in [0.717, 1.165) is 12.8 Å². The van der Waals surface area contributed by atoms with Gasteiger partial charge in [-0.1, -0.05) is 6.07 Å². The average molecular weight is 204 g/mol. The number of carbonyl (C=O) groups excluding carboxylic acids is 2. The summed E-state index contributed by atoms with van der Waals surface area (Å²) in [5.74, 6) is -0.0768. The normalized spacial score (nSPS) is 14.4. The second-order valence-electron chi connectivity index (χ2n) is 3.59. The summed E-state index contributed by atoms with van der Waals surface area (Å²) >= 11 is 0. The van der Waals surface area contributed by atoms with Gasteiger partial charge in [-0.2, -0.15) is 0 Å². The molecule has 0 heterocycles. The van der Waals surface area contributed by atoms with Gasteiger partial charge in [-0.3, -0.25) is 9.59 Å². The van der Waals surface area contributed by atoms with Crippen LogP contribution in [0, 0.1) is 0 Å². The number of rotatable bonds is 4. The fraction of sp³-hybridized carbons (Fsp3) is 0.273. The summed E-state index contributed by atoms with van der Waals surface area (Å²) in [5, 5.41) is 5.40. The second-order valence-corrected chi connectivity index (χ2v) is 3.59. The largest absolute Gasteiger partial charge is 0.349 e. The van der Waals surface area contributed by atoms with Crippen molar-refractivity contribution >= 4 is 18.0 Å². The Bertz CT molecular complexity index is 386. The van der Waals surface area contributed by atoms with Gasteiger partial charge in [0, 0.05) is 17.3 Å². The topological polar surface area (TPSA) is 58.2 Å². The first-order valence-corrected chi connectivity index (χ1v) is 4.91. The highest BCUT2D eigenvalue weighted by molar-refractivity contribution is 5.95. The van der Waals surface area contributed by atoms with Gasteiger partial charge in [0.1, 0.15) is 0 Å². The standard InChI is InChI=1S/C11H12N2O2/c14-7-12-10-3-1-2-8(6-10)11(15)13-9-4-5-9/h1-3,6-7,9H,4-5H2,(H,12,14)(H,13,15). The zero-order valence-corrected chi connectivity index (χ0v) is 8.19. The predicted molar refractivity (Wildman–Crippen MR) is 56.6 cm³/mol. The average Bonchev–Trinajstić information content (AvgIpc) is 3.03. The zero-order valence-electron chi connectivity index (χ0n) is 8.19. The minimum absolute atomic E-state index is 0.0768. The highest BCUT2D eigenvalue weighted by Gasteiger charge is 2.23. The molecule has 4 heteroatoms. The first kappa shape index (κ1) is 9.71. The molecule has 1 aromatic carbocycles. The molecule has 0 spiro atoms. The van der Waals surface area contributed by atoms with E-state index in [1.54, 1.807) is 24.3 Å². The van der Waals surface area contributed by atoms with Gasteiger partial charge < -0.3 is 10.6 Å². The van der Waals surface area contributed by atoms with Crippen molar-refractivity contribution in [3.63, 3.8) is 0 Å². The number of hydrogen-bond donors (Lipinski definition) is 2. The van der Waals surface area contributed by atoms with Crippen molar-refractivity contribution in [2.24, 2.45) is 0 Å². The Labute approximate surface area is 87.7 Å². The molecule has 1 fully saturated rings. The van der Waals surface area contributed by atoms with E-state index in [9.17, 15) is 9.59 Å². The Hall–Kier alpha value is -1.84. The van der Waals surface area contributed by atoms with Crippen LogP contribution >= 0.6 is 0 Å². The number of carbonyl (C=O) groups is 2. The minimum Gasteiger partial charge on any atom is -0.349 e. The number of nitrogens with one attached hydrogen (secondary N) is 2. The second kappa shape index (κ2) is 4.13. The molecule has 15 heavy (non-hydrogen) atoms. The van der Waals surface area contributed by atoms with Gasteiger partial charge in [0.05, 0.1) is 0 Å². The molecule has 2 amide bonds. The van der Waals surface area contributed by atoms with Crippen LogP contribution in [0.15, 0.2) is 24.3 Å². The van der Waals surface area contributed by atoms with Crippen LogP contribution in [0.25, 0.3) is 0 Å². The number of amides is 2. The molecule has 0 saturated heterocycles. The molecule has 1 saturated carbocycles. The molecular weight excluding hydrogens is 192 g/mol. The summed E-state index contributed by atoms with van der Waals surface area (Å²) in [4.78, 5) is 21.9. The Morgan fingerprint density at radius 1 is 1.40 bits per heavy atom. The van der Waals surface area contributed by atoms with E-state index in [1.807, 2.05) is 0 Å². The van der Waals surface area contributed by atoms with Crippen molar-refractivity contribution in [3.8, 4) is 0 Å². The van der Waals surface area contributed by atoms with Crippen molar-refractivity contribution in [2.75, 3.05) is 5.32 Å². The monoisotopic (exact) mass is 204 g/mol. The first-order valence-electron chi connectivity index (χ1n) is 4.91. The Balaban J connectivity index is 2.08. The first-order chi connectivity index (χ1) is 7.29. The molecule has 4 nitrogen and oxygen atoms in total. The van der Waals surface area contributed by atoms with Crippen molar-refractivity contribution in [3.05, 3.63) is 29.8 Å². The van der Waals surface area contributed by atoms with E-state index in [2.05, 4.69) is 10.6 Å². The summed E-state index contributed by atoms with van der Waals surface area (Å²) in [6, 6.07) is 7.22. The van der Waals surface area contributed by atoms with Crippen molar-refractivity contribution in [1.82, 2.24) is 5.32 Å². The third-order valence-corrected chi connectivity index (χ3v) is 2.26. The zero-order chi connectivity index (χ0) is 10.7. The Kier molecular flexibility index (Phi) is 2.67. The molecule has 1 aliphatic carbocycles. The van der Waals surface area contributed by atoms with E-state index >= 15 is 0 Å². The van der Waals surface area contributed by atoms with E-state index in [0.29, 0.717) is 23.7 Å². The lowest BCUT2D eigenvalue weighted by atomic mass is 10.2. The fourth-order valence-electron chi connectivity index (χ4n) is 1.31. The SMILES string of the molecule is O=CNc1cccc(C(=O)NC2CC2)c1. The van der Waals surface area contributed by atoms with Crippen LogP contribution in [0.2, 0.25) is 0 Å². The van der Waals surface area contributed by atoms with Gasteiger partial charge in [-0.25, -0.2) is 0 Å². The van der Waals surface area contributed by atoms with Gasteiger partial charge in [-0.15, -0.1) is 0 Å². The van der Waals surface area contributed by atoms with Crippen molar-refractivity contribution in [2.45, 2.75) is 18.9 Å². The van der Waals surface area contributed by atoms with Gasteiger partial charge in [0.25, 0.3) is 5.91 Å². The highest BCUT2D eigenvalue weighted by Crippen LogP contribution is 2.19. The molecule has 1 aromatic rings. The molecule has 2 N–H and O–H groups in total. The highest BCUT2D eigenvalue weighted by atomic mass is 16.1. The maximum absolute atomic E-state index is 11.6. The van der Waals surface area contributed by atoms with Crippen LogP contribution in [0.5, 0.6) is 0 Å². The van der Waals surface area contributed by atoms with E-state index in [-0.39, 0.29) is 5.91 Å². The Morgan fingerprint density at radius 3 is 2.87 bits per heavy atom. The predicted octanol–water partition coefficient (Wildman–Crippen LogP) is 1.15. The summed E-state index contributed by atoms with van der Waals surface area (Å²) in [7, 11) is 0. The summed E-state index contributed by atoms with van der Waals surface area (Å²) in [6.45, 7) is 0. The quantitative estimate of drug-likeness (QED) is 0.723. The molecular formula is C11H12N2O2. The van der Waals surface area contributed by atoms with Crippen LogP contribution in [-0.2, 0) is 4.79 Å². The summed E-state index contributed by atoms with van der Waals surface area (Å²) < 4.78 is 0. The molecule has 2 rings (SSSR count). The molecule has 0 radical (unpaired) electrons. The summed E-state index contributed by atoms with van der Waals surface area (Å²) in [5.41, 5.74) is 1.21. The lowest BCUT2D eigenvalue weighted by Crippen LogP contribution is -2.25. The molecule has 0 atom stereocenters. The van der Waals surface area contributed by atoms with Gasteiger partial charge in [-0.05, 0) is 31.0 Å². The lowest BCUT2D eigenvalue weighted by molar-refractivity contribution is -0.105. The number of benzene rings is 1. The van der Waals surface area contributed by atoms with E-state index in [1.165, 1.54) is 0 Å². The third-order valence-electron chi connectivity index (χ3n) is 2.26. The fourth-order valence-corrected chi connectivity index (χ4v) is 1.31. The van der Waals surface area contributed by atoms with Gasteiger partial charge in [0.2, 0.25) is 6.41 Å². The summed E-state index contributed by atoms with van der Waals surface area (Å²) in [6.07, 6.45) is 2.73. The van der Waals surface area contributed by atoms with Crippen LogP contribution < -0.4 is 10.6 Å². The molecule has 0 aromatic heterocycles. The smallest absolute Gasteiger partial charge is 0.251 e. The van der Waals surface area contributed by atoms with E-state index < -0.39 is 0 Å².